The molecule has 0 bridgehead atoms. The minimum absolute atomic E-state index is 0.132. The maximum absolute atomic E-state index is 12.3. The number of benzene rings is 2. The highest BCUT2D eigenvalue weighted by Gasteiger charge is 2.08. The Morgan fingerprint density at radius 2 is 1.89 bits per heavy atom. The van der Waals surface area contributed by atoms with Crippen LogP contribution in [0.3, 0.4) is 0 Å². The normalized spacial score (nSPS) is 10.5. The zero-order chi connectivity index (χ0) is 19.5. The Kier molecular flexibility index (Phi) is 8.49. The number of carbonyl (C=O) groups excluding carboxylic acids is 1. The number of anilines is 2. The monoisotopic (exact) mass is 370 g/mol. The molecule has 0 radical (unpaired) electrons. The first-order valence-electron chi connectivity index (χ1n) is 9.57. The number of ether oxygens (including phenoxy) is 2. The first kappa shape index (κ1) is 20.6. The van der Waals surface area contributed by atoms with Gasteiger partial charge in [-0.3, -0.25) is 4.79 Å². The van der Waals surface area contributed by atoms with Crippen LogP contribution in [-0.4, -0.2) is 25.7 Å². The fraction of sp³-hybridized carbons (Fsp3) is 0.409. The van der Waals surface area contributed by atoms with Crippen LogP contribution in [0.25, 0.3) is 0 Å². The Hall–Kier alpha value is -2.69. The summed E-state index contributed by atoms with van der Waals surface area (Å²) in [4.78, 5) is 12.3. The number of para-hydroxylation sites is 2. The Balaban J connectivity index is 1.87. The molecule has 0 aliphatic rings. The lowest BCUT2D eigenvalue weighted by molar-refractivity contribution is -0.114. The Morgan fingerprint density at radius 1 is 1.07 bits per heavy atom. The van der Waals surface area contributed by atoms with E-state index in [-0.39, 0.29) is 12.5 Å². The van der Waals surface area contributed by atoms with Gasteiger partial charge in [0.25, 0.3) is 0 Å². The smallest absolute Gasteiger partial charge is 0.243 e. The first-order chi connectivity index (χ1) is 13.1. The van der Waals surface area contributed by atoms with E-state index < -0.39 is 0 Å². The number of amides is 1. The van der Waals surface area contributed by atoms with Gasteiger partial charge in [-0.2, -0.15) is 0 Å². The zero-order valence-corrected chi connectivity index (χ0v) is 16.5. The molecule has 2 rings (SSSR count). The van der Waals surface area contributed by atoms with Gasteiger partial charge >= 0.3 is 0 Å². The van der Waals surface area contributed by atoms with Gasteiger partial charge < -0.3 is 20.1 Å². The molecule has 0 unspecified atom stereocenters. The number of unbranched alkanes of at least 4 members (excludes halogenated alkanes) is 1. The molecular formula is C22H30N2O3. The molecule has 0 aliphatic heterocycles. The molecule has 0 aromatic heterocycles. The molecule has 0 aliphatic carbocycles. The second kappa shape index (κ2) is 11.1. The third-order valence-electron chi connectivity index (χ3n) is 3.79. The van der Waals surface area contributed by atoms with E-state index in [0.717, 1.165) is 24.3 Å². The Bertz CT molecular complexity index is 716. The third kappa shape index (κ3) is 7.60. The van der Waals surface area contributed by atoms with Crippen molar-refractivity contribution in [3.63, 3.8) is 0 Å². The highest BCUT2D eigenvalue weighted by molar-refractivity contribution is 5.95. The van der Waals surface area contributed by atoms with Crippen LogP contribution in [0.4, 0.5) is 11.4 Å². The SMILES string of the molecule is CCCCOc1cccc(NCC(=O)Nc2ccccc2OCC(C)C)c1. The molecule has 5 nitrogen and oxygen atoms in total. The third-order valence-corrected chi connectivity index (χ3v) is 3.79. The molecule has 2 aromatic carbocycles. The van der Waals surface area contributed by atoms with Gasteiger partial charge in [0.05, 0.1) is 25.4 Å². The summed E-state index contributed by atoms with van der Waals surface area (Å²) in [7, 11) is 0. The molecule has 0 saturated heterocycles. The second-order valence-electron chi connectivity index (χ2n) is 6.83. The average molecular weight is 370 g/mol. The van der Waals surface area contributed by atoms with Gasteiger partial charge in [-0.25, -0.2) is 0 Å². The lowest BCUT2D eigenvalue weighted by Crippen LogP contribution is -2.22. The number of nitrogens with one attached hydrogen (secondary N) is 2. The van der Waals surface area contributed by atoms with Crippen LogP contribution in [0.1, 0.15) is 33.6 Å². The van der Waals surface area contributed by atoms with Crippen molar-refractivity contribution < 1.29 is 14.3 Å². The zero-order valence-electron chi connectivity index (χ0n) is 16.5. The lowest BCUT2D eigenvalue weighted by atomic mass is 10.2. The van der Waals surface area contributed by atoms with E-state index in [1.54, 1.807) is 0 Å². The summed E-state index contributed by atoms with van der Waals surface area (Å²) in [5.74, 6) is 1.78. The standard InChI is InChI=1S/C22H30N2O3/c1-4-5-13-26-19-10-8-9-18(14-19)23-15-22(25)24-20-11-6-7-12-21(20)27-16-17(2)3/h6-12,14,17,23H,4-5,13,15-16H2,1-3H3,(H,24,25). The van der Waals surface area contributed by atoms with Crippen LogP contribution < -0.4 is 20.1 Å². The maximum Gasteiger partial charge on any atom is 0.243 e. The summed E-state index contributed by atoms with van der Waals surface area (Å²) in [6, 6.07) is 15.1. The van der Waals surface area contributed by atoms with Crippen molar-refractivity contribution in [1.82, 2.24) is 0 Å². The number of carbonyl (C=O) groups is 1. The van der Waals surface area contributed by atoms with Crippen molar-refractivity contribution >= 4 is 17.3 Å². The summed E-state index contributed by atoms with van der Waals surface area (Å²) in [6.45, 7) is 7.78. The van der Waals surface area contributed by atoms with Gasteiger partial charge in [0, 0.05) is 11.8 Å². The molecule has 0 fully saturated rings. The van der Waals surface area contributed by atoms with Crippen LogP contribution >= 0.6 is 0 Å². The van der Waals surface area contributed by atoms with Gasteiger partial charge in [0.2, 0.25) is 5.91 Å². The van der Waals surface area contributed by atoms with Crippen LogP contribution in [0.2, 0.25) is 0 Å². The van der Waals surface area contributed by atoms with E-state index in [1.807, 2.05) is 48.5 Å². The largest absolute Gasteiger partial charge is 0.494 e. The second-order valence-corrected chi connectivity index (χ2v) is 6.83. The first-order valence-corrected chi connectivity index (χ1v) is 9.57. The number of hydrogen-bond donors (Lipinski definition) is 2. The summed E-state index contributed by atoms with van der Waals surface area (Å²) < 4.78 is 11.5. The van der Waals surface area contributed by atoms with E-state index >= 15 is 0 Å². The number of hydrogen-bond acceptors (Lipinski definition) is 4. The highest BCUT2D eigenvalue weighted by atomic mass is 16.5. The van der Waals surface area contributed by atoms with Gasteiger partial charge in [-0.05, 0) is 36.6 Å². The lowest BCUT2D eigenvalue weighted by Gasteiger charge is -2.14. The molecule has 2 N–H and O–H groups in total. The molecule has 27 heavy (non-hydrogen) atoms. The summed E-state index contributed by atoms with van der Waals surface area (Å²) >= 11 is 0. The van der Waals surface area contributed by atoms with Gasteiger partial charge in [0.15, 0.2) is 0 Å². The summed E-state index contributed by atoms with van der Waals surface area (Å²) in [5.41, 5.74) is 1.53. The highest BCUT2D eigenvalue weighted by Crippen LogP contribution is 2.24. The van der Waals surface area contributed by atoms with Crippen molar-refractivity contribution in [2.24, 2.45) is 5.92 Å². The molecular weight excluding hydrogens is 340 g/mol. The fourth-order valence-corrected chi connectivity index (χ4v) is 2.36. The van der Waals surface area contributed by atoms with Crippen molar-refractivity contribution in [2.45, 2.75) is 33.6 Å². The van der Waals surface area contributed by atoms with Crippen LogP contribution in [0.15, 0.2) is 48.5 Å². The predicted octanol–water partition coefficient (Wildman–Crippen LogP) is 4.95. The quantitative estimate of drug-likeness (QED) is 0.549. The predicted molar refractivity (Wildman–Crippen MR) is 111 cm³/mol. The molecule has 0 atom stereocenters. The van der Waals surface area contributed by atoms with E-state index in [4.69, 9.17) is 9.47 Å². The van der Waals surface area contributed by atoms with Crippen molar-refractivity contribution in [3.8, 4) is 11.5 Å². The minimum Gasteiger partial charge on any atom is -0.494 e. The molecule has 2 aromatic rings. The van der Waals surface area contributed by atoms with Crippen molar-refractivity contribution in [2.75, 3.05) is 30.4 Å². The topological polar surface area (TPSA) is 59.6 Å². The number of rotatable bonds is 11. The Morgan fingerprint density at radius 3 is 2.67 bits per heavy atom. The van der Waals surface area contributed by atoms with Crippen molar-refractivity contribution in [3.05, 3.63) is 48.5 Å². The Labute approximate surface area is 162 Å². The molecule has 1 amide bonds. The fourth-order valence-electron chi connectivity index (χ4n) is 2.36. The molecule has 5 heteroatoms. The van der Waals surface area contributed by atoms with E-state index in [9.17, 15) is 4.79 Å². The van der Waals surface area contributed by atoms with Gasteiger partial charge in [-0.15, -0.1) is 0 Å². The van der Waals surface area contributed by atoms with Gasteiger partial charge in [-0.1, -0.05) is 45.4 Å². The molecule has 0 heterocycles. The molecule has 0 spiro atoms. The van der Waals surface area contributed by atoms with Gasteiger partial charge in [0.1, 0.15) is 11.5 Å². The molecule has 146 valence electrons. The maximum atomic E-state index is 12.3. The summed E-state index contributed by atoms with van der Waals surface area (Å²) in [5, 5.41) is 6.04. The average Bonchev–Trinajstić information content (AvgIpc) is 2.66. The van der Waals surface area contributed by atoms with Crippen LogP contribution in [0, 0.1) is 5.92 Å². The van der Waals surface area contributed by atoms with E-state index in [2.05, 4.69) is 31.4 Å². The van der Waals surface area contributed by atoms with Crippen LogP contribution in [0.5, 0.6) is 11.5 Å². The summed E-state index contributed by atoms with van der Waals surface area (Å²) in [6.07, 6.45) is 2.12. The molecule has 0 saturated carbocycles. The minimum atomic E-state index is -0.132. The van der Waals surface area contributed by atoms with Crippen LogP contribution in [-0.2, 0) is 4.79 Å². The van der Waals surface area contributed by atoms with E-state index in [1.165, 1.54) is 0 Å². The van der Waals surface area contributed by atoms with E-state index in [0.29, 0.717) is 30.6 Å². The van der Waals surface area contributed by atoms with Crippen molar-refractivity contribution in [1.29, 1.82) is 0 Å².